The van der Waals surface area contributed by atoms with Gasteiger partial charge >= 0.3 is 5.97 Å². The number of esters is 1. The molecule has 0 unspecified atom stereocenters. The Labute approximate surface area is 151 Å². The summed E-state index contributed by atoms with van der Waals surface area (Å²) in [4.78, 5) is 25.9. The number of amides is 1. The Hall–Kier alpha value is -3.20. The molecule has 0 N–H and O–H groups in total. The Morgan fingerprint density at radius 2 is 1.73 bits per heavy atom. The molecule has 0 fully saturated rings. The van der Waals surface area contributed by atoms with E-state index in [1.807, 2.05) is 26.0 Å². The highest BCUT2D eigenvalue weighted by molar-refractivity contribution is 5.97. The van der Waals surface area contributed by atoms with Crippen molar-refractivity contribution in [2.24, 2.45) is 0 Å². The van der Waals surface area contributed by atoms with Crippen molar-refractivity contribution in [1.82, 2.24) is 0 Å². The maximum absolute atomic E-state index is 13.1. The van der Waals surface area contributed by atoms with E-state index in [1.165, 1.54) is 29.2 Å². The first-order chi connectivity index (χ1) is 12.4. The highest BCUT2D eigenvalue weighted by Crippen LogP contribution is 2.16. The minimum atomic E-state index is -0.593. The van der Waals surface area contributed by atoms with Crippen molar-refractivity contribution in [3.8, 4) is 6.07 Å². The molecule has 0 radical (unpaired) electrons. The van der Waals surface area contributed by atoms with Crippen LogP contribution in [0.15, 0.2) is 42.5 Å². The van der Waals surface area contributed by atoms with Crippen molar-refractivity contribution in [3.05, 3.63) is 65.0 Å². The summed E-state index contributed by atoms with van der Waals surface area (Å²) in [5.41, 5.74) is 2.66. The van der Waals surface area contributed by atoms with Crippen LogP contribution in [-0.2, 0) is 9.53 Å². The lowest BCUT2D eigenvalue weighted by atomic mass is 10.1. The van der Waals surface area contributed by atoms with E-state index >= 15 is 0 Å². The van der Waals surface area contributed by atoms with Crippen LogP contribution < -0.4 is 4.90 Å². The molecule has 0 aromatic heterocycles. The number of hydrogen-bond donors (Lipinski definition) is 0. The molecule has 0 heterocycles. The summed E-state index contributed by atoms with van der Waals surface area (Å²) in [6, 6.07) is 12.6. The normalized spacial score (nSPS) is 10.1. The fraction of sp³-hybridized carbons (Fsp3) is 0.250. The second kappa shape index (κ2) is 8.77. The van der Waals surface area contributed by atoms with Gasteiger partial charge in [0.1, 0.15) is 5.82 Å². The average Bonchev–Trinajstić information content (AvgIpc) is 2.60. The van der Waals surface area contributed by atoms with Gasteiger partial charge in [-0.3, -0.25) is 4.79 Å². The molecule has 0 aliphatic rings. The third-order valence-electron chi connectivity index (χ3n) is 3.67. The number of nitrogens with zero attached hydrogens (tertiary/aromatic N) is 2. The van der Waals surface area contributed by atoms with Gasteiger partial charge in [-0.2, -0.15) is 5.26 Å². The summed E-state index contributed by atoms with van der Waals surface area (Å²) < 4.78 is 18.2. The second-order valence-corrected chi connectivity index (χ2v) is 5.88. The summed E-state index contributed by atoms with van der Waals surface area (Å²) >= 11 is 0. The standard InChI is InChI=1S/C20H19FN2O3/c1-14-10-15(2)12-16(11-14)20(25)26-13-19(24)23(9-3-8-22)18-6-4-17(21)5-7-18/h4-7,10-12H,3,9,13H2,1-2H3. The predicted molar refractivity (Wildman–Crippen MR) is 95.2 cm³/mol. The van der Waals surface area contributed by atoms with Crippen LogP contribution in [-0.4, -0.2) is 25.0 Å². The Balaban J connectivity index is 2.07. The number of hydrogen-bond acceptors (Lipinski definition) is 4. The van der Waals surface area contributed by atoms with E-state index in [2.05, 4.69) is 0 Å². The summed E-state index contributed by atoms with van der Waals surface area (Å²) in [5, 5.41) is 8.77. The molecule has 1 amide bonds. The minimum absolute atomic E-state index is 0.105. The van der Waals surface area contributed by atoms with Gasteiger partial charge in [-0.25, -0.2) is 9.18 Å². The minimum Gasteiger partial charge on any atom is -0.452 e. The van der Waals surface area contributed by atoms with E-state index in [0.29, 0.717) is 11.3 Å². The molecule has 0 saturated heterocycles. The summed E-state index contributed by atoms with van der Waals surface area (Å²) in [7, 11) is 0. The Kier molecular flexibility index (Phi) is 6.45. The van der Waals surface area contributed by atoms with Crippen molar-refractivity contribution in [2.45, 2.75) is 20.3 Å². The first-order valence-corrected chi connectivity index (χ1v) is 8.09. The van der Waals surface area contributed by atoms with Crippen molar-refractivity contribution >= 4 is 17.6 Å². The number of halogens is 1. The zero-order valence-corrected chi connectivity index (χ0v) is 14.7. The van der Waals surface area contributed by atoms with Crippen molar-refractivity contribution < 1.29 is 18.7 Å². The third kappa shape index (κ3) is 5.15. The molecule has 6 heteroatoms. The van der Waals surface area contributed by atoms with Gasteiger partial charge in [0, 0.05) is 12.2 Å². The molecule has 0 bridgehead atoms. The molecule has 0 aliphatic heterocycles. The van der Waals surface area contributed by atoms with E-state index in [9.17, 15) is 14.0 Å². The van der Waals surface area contributed by atoms with Gasteiger partial charge in [-0.15, -0.1) is 0 Å². The van der Waals surface area contributed by atoms with E-state index < -0.39 is 24.3 Å². The van der Waals surface area contributed by atoms with Gasteiger partial charge in [0.05, 0.1) is 18.1 Å². The molecule has 2 rings (SSSR count). The number of benzene rings is 2. The number of nitriles is 1. The average molecular weight is 354 g/mol. The SMILES string of the molecule is Cc1cc(C)cc(C(=O)OCC(=O)N(CCC#N)c2ccc(F)cc2)c1. The number of carbonyl (C=O) groups is 2. The van der Waals surface area contributed by atoms with Crippen molar-refractivity contribution in [3.63, 3.8) is 0 Å². The van der Waals surface area contributed by atoms with Crippen molar-refractivity contribution in [2.75, 3.05) is 18.1 Å². The van der Waals surface area contributed by atoms with Crippen LogP contribution in [0.4, 0.5) is 10.1 Å². The van der Waals surface area contributed by atoms with Crippen LogP contribution in [0.2, 0.25) is 0 Å². The molecule has 5 nitrogen and oxygen atoms in total. The summed E-state index contributed by atoms with van der Waals surface area (Å²) in [6.45, 7) is 3.40. The number of carbonyl (C=O) groups excluding carboxylic acids is 2. The van der Waals surface area contributed by atoms with Gasteiger partial charge in [-0.1, -0.05) is 17.2 Å². The molecule has 0 saturated carbocycles. The highest BCUT2D eigenvalue weighted by atomic mass is 19.1. The van der Waals surface area contributed by atoms with E-state index in [4.69, 9.17) is 10.00 Å². The predicted octanol–water partition coefficient (Wildman–Crippen LogP) is 3.55. The molecule has 0 aliphatic carbocycles. The van der Waals surface area contributed by atoms with E-state index in [-0.39, 0.29) is 13.0 Å². The number of ether oxygens (including phenoxy) is 1. The summed E-state index contributed by atoms with van der Waals surface area (Å²) in [6.07, 6.45) is 0.105. The smallest absolute Gasteiger partial charge is 0.338 e. The topological polar surface area (TPSA) is 70.4 Å². The lowest BCUT2D eigenvalue weighted by Crippen LogP contribution is -2.35. The molecule has 134 valence electrons. The van der Waals surface area contributed by atoms with Gasteiger partial charge in [0.15, 0.2) is 6.61 Å². The number of anilines is 1. The molecule has 26 heavy (non-hydrogen) atoms. The largest absolute Gasteiger partial charge is 0.452 e. The van der Waals surface area contributed by atoms with Crippen molar-refractivity contribution in [1.29, 1.82) is 5.26 Å². The van der Waals surface area contributed by atoms with Crippen LogP contribution in [0.5, 0.6) is 0 Å². The number of aryl methyl sites for hydroxylation is 2. The van der Waals surface area contributed by atoms with Crippen LogP contribution >= 0.6 is 0 Å². The van der Waals surface area contributed by atoms with Gasteiger partial charge in [-0.05, 0) is 50.2 Å². The number of rotatable bonds is 6. The lowest BCUT2D eigenvalue weighted by Gasteiger charge is -2.21. The zero-order chi connectivity index (χ0) is 19.1. The maximum Gasteiger partial charge on any atom is 0.338 e. The molecular formula is C20H19FN2O3. The third-order valence-corrected chi connectivity index (χ3v) is 3.67. The Morgan fingerprint density at radius 3 is 2.31 bits per heavy atom. The lowest BCUT2D eigenvalue weighted by molar-refractivity contribution is -0.121. The quantitative estimate of drug-likeness (QED) is 0.744. The molecule has 2 aromatic carbocycles. The van der Waals surface area contributed by atoms with Gasteiger partial charge < -0.3 is 9.64 Å². The second-order valence-electron chi connectivity index (χ2n) is 5.88. The van der Waals surface area contributed by atoms with E-state index in [1.54, 1.807) is 12.1 Å². The van der Waals surface area contributed by atoms with Gasteiger partial charge in [0.25, 0.3) is 5.91 Å². The summed E-state index contributed by atoms with van der Waals surface area (Å²) in [5.74, 6) is -1.50. The van der Waals surface area contributed by atoms with Crippen LogP contribution in [0.3, 0.4) is 0 Å². The first kappa shape index (κ1) is 19.1. The Morgan fingerprint density at radius 1 is 1.12 bits per heavy atom. The van der Waals surface area contributed by atoms with Crippen LogP contribution in [0, 0.1) is 31.0 Å². The van der Waals surface area contributed by atoms with Gasteiger partial charge in [0.2, 0.25) is 0 Å². The monoisotopic (exact) mass is 354 g/mol. The molecule has 0 spiro atoms. The van der Waals surface area contributed by atoms with Crippen LogP contribution in [0.25, 0.3) is 0 Å². The fourth-order valence-corrected chi connectivity index (χ4v) is 2.56. The first-order valence-electron chi connectivity index (χ1n) is 8.09. The molecular weight excluding hydrogens is 335 g/mol. The highest BCUT2D eigenvalue weighted by Gasteiger charge is 2.18. The molecule has 0 atom stereocenters. The van der Waals surface area contributed by atoms with Crippen LogP contribution in [0.1, 0.15) is 27.9 Å². The Bertz CT molecular complexity index is 821. The molecule has 2 aromatic rings. The maximum atomic E-state index is 13.1. The van der Waals surface area contributed by atoms with E-state index in [0.717, 1.165) is 11.1 Å². The fourth-order valence-electron chi connectivity index (χ4n) is 2.56. The zero-order valence-electron chi connectivity index (χ0n) is 14.7.